The fraction of sp³-hybridized carbons (Fsp3) is 0.227. The molecule has 0 spiro atoms. The summed E-state index contributed by atoms with van der Waals surface area (Å²) in [5.41, 5.74) is 2.42. The summed E-state index contributed by atoms with van der Waals surface area (Å²) >= 11 is 0. The summed E-state index contributed by atoms with van der Waals surface area (Å²) in [7, 11) is 1.33. The summed E-state index contributed by atoms with van der Waals surface area (Å²) in [4.78, 5) is 35.1. The summed E-state index contributed by atoms with van der Waals surface area (Å²) in [6, 6.07) is 14.0. The van der Waals surface area contributed by atoms with Crippen LogP contribution in [0.2, 0.25) is 0 Å². The zero-order chi connectivity index (χ0) is 19.9. The molecule has 0 bridgehead atoms. The van der Waals surface area contributed by atoms with Crippen molar-refractivity contribution in [3.8, 4) is 11.8 Å². The van der Waals surface area contributed by atoms with Crippen molar-refractivity contribution in [3.05, 3.63) is 65.2 Å². The van der Waals surface area contributed by atoms with Crippen molar-refractivity contribution in [3.63, 3.8) is 0 Å². The molecule has 0 radical (unpaired) electrons. The molecule has 2 N–H and O–H groups in total. The summed E-state index contributed by atoms with van der Waals surface area (Å²) in [5.74, 6) is 5.31. The minimum atomic E-state index is -0.415. The highest BCUT2D eigenvalue weighted by atomic mass is 16.5. The first-order valence-corrected chi connectivity index (χ1v) is 8.93. The summed E-state index contributed by atoms with van der Waals surface area (Å²) < 4.78 is 4.70. The van der Waals surface area contributed by atoms with Gasteiger partial charge in [-0.15, -0.1) is 0 Å². The molecule has 0 atom stereocenters. The molecule has 142 valence electrons. The lowest BCUT2D eigenvalue weighted by Gasteiger charge is -2.07. The van der Waals surface area contributed by atoms with Crippen molar-refractivity contribution in [2.24, 2.45) is 5.92 Å². The molecule has 1 aliphatic carbocycles. The van der Waals surface area contributed by atoms with E-state index in [9.17, 15) is 14.4 Å². The van der Waals surface area contributed by atoms with Crippen molar-refractivity contribution in [1.82, 2.24) is 5.32 Å². The molecule has 6 heteroatoms. The summed E-state index contributed by atoms with van der Waals surface area (Å²) in [5, 5.41) is 5.37. The maximum atomic E-state index is 12.0. The smallest absolute Gasteiger partial charge is 0.337 e. The molecule has 0 heterocycles. The molecule has 2 aromatic rings. The monoisotopic (exact) mass is 376 g/mol. The first kappa shape index (κ1) is 19.2. The standard InChI is InChI=1S/C22H20N2O4/c1-28-22(27)18-6-2-4-15(12-18)8-9-16-5-3-7-19(13-16)24-20(25)14-23-21(26)17-10-11-17/h2-7,12-13,17H,10-11,14H2,1H3,(H,23,26)(H,24,25). The Morgan fingerprint density at radius 3 is 2.39 bits per heavy atom. The lowest BCUT2D eigenvalue weighted by molar-refractivity contribution is -0.125. The van der Waals surface area contributed by atoms with Gasteiger partial charge < -0.3 is 15.4 Å². The molecule has 2 aromatic carbocycles. The normalized spacial score (nSPS) is 12.3. The highest BCUT2D eigenvalue weighted by Crippen LogP contribution is 2.28. The van der Waals surface area contributed by atoms with Crippen LogP contribution in [-0.4, -0.2) is 31.4 Å². The number of nitrogens with one attached hydrogen (secondary N) is 2. The van der Waals surface area contributed by atoms with Crippen LogP contribution in [0.25, 0.3) is 0 Å². The second-order valence-corrected chi connectivity index (χ2v) is 6.44. The van der Waals surface area contributed by atoms with Crippen LogP contribution >= 0.6 is 0 Å². The summed E-state index contributed by atoms with van der Waals surface area (Å²) in [6.45, 7) is -0.0500. The van der Waals surface area contributed by atoms with Crippen LogP contribution in [0.1, 0.15) is 34.3 Å². The Morgan fingerprint density at radius 2 is 1.71 bits per heavy atom. The number of hydrogen-bond acceptors (Lipinski definition) is 4. The average Bonchev–Trinajstić information content (AvgIpc) is 3.56. The molecular formula is C22H20N2O4. The van der Waals surface area contributed by atoms with Gasteiger partial charge in [0, 0.05) is 22.7 Å². The molecule has 1 saturated carbocycles. The predicted octanol–water partition coefficient (Wildman–Crippen LogP) is 2.34. The van der Waals surface area contributed by atoms with E-state index in [0.717, 1.165) is 12.8 Å². The van der Waals surface area contributed by atoms with Crippen LogP contribution < -0.4 is 10.6 Å². The highest BCUT2D eigenvalue weighted by molar-refractivity contribution is 5.95. The summed E-state index contributed by atoms with van der Waals surface area (Å²) in [6.07, 6.45) is 1.80. The maximum Gasteiger partial charge on any atom is 0.337 e. The number of benzene rings is 2. The number of methoxy groups -OCH3 is 1. The number of rotatable bonds is 5. The second-order valence-electron chi connectivity index (χ2n) is 6.44. The Bertz CT molecular complexity index is 968. The van der Waals surface area contributed by atoms with Crippen LogP contribution in [-0.2, 0) is 14.3 Å². The fourth-order valence-electron chi connectivity index (χ4n) is 2.52. The fourth-order valence-corrected chi connectivity index (χ4v) is 2.52. The zero-order valence-electron chi connectivity index (χ0n) is 15.5. The topological polar surface area (TPSA) is 84.5 Å². The van der Waals surface area contributed by atoms with E-state index in [1.54, 1.807) is 42.5 Å². The Balaban J connectivity index is 1.62. The van der Waals surface area contributed by atoms with E-state index >= 15 is 0 Å². The maximum absolute atomic E-state index is 12.0. The minimum Gasteiger partial charge on any atom is -0.465 e. The van der Waals surface area contributed by atoms with Gasteiger partial charge in [-0.2, -0.15) is 0 Å². The van der Waals surface area contributed by atoms with Gasteiger partial charge in [-0.3, -0.25) is 9.59 Å². The van der Waals surface area contributed by atoms with E-state index < -0.39 is 5.97 Å². The van der Waals surface area contributed by atoms with Crippen molar-refractivity contribution in [1.29, 1.82) is 0 Å². The number of amides is 2. The molecule has 6 nitrogen and oxygen atoms in total. The SMILES string of the molecule is COC(=O)c1cccc(C#Cc2cccc(NC(=O)CNC(=O)C3CC3)c2)c1. The Kier molecular flexibility index (Phi) is 6.07. The van der Waals surface area contributed by atoms with Crippen molar-refractivity contribution < 1.29 is 19.1 Å². The Labute approximate surface area is 163 Å². The number of carbonyl (C=O) groups excluding carboxylic acids is 3. The van der Waals surface area contributed by atoms with Gasteiger partial charge >= 0.3 is 5.97 Å². The van der Waals surface area contributed by atoms with Gasteiger partial charge in [-0.05, 0) is 49.2 Å². The molecule has 0 aromatic heterocycles. The van der Waals surface area contributed by atoms with Gasteiger partial charge in [0.1, 0.15) is 0 Å². The van der Waals surface area contributed by atoms with E-state index in [1.807, 2.05) is 6.07 Å². The molecule has 0 unspecified atom stereocenters. The number of hydrogen-bond donors (Lipinski definition) is 2. The van der Waals surface area contributed by atoms with Crippen LogP contribution in [0.3, 0.4) is 0 Å². The number of esters is 1. The van der Waals surface area contributed by atoms with Gasteiger partial charge in [-0.1, -0.05) is 24.0 Å². The van der Waals surface area contributed by atoms with Crippen LogP contribution in [0.15, 0.2) is 48.5 Å². The lowest BCUT2D eigenvalue weighted by Crippen LogP contribution is -2.33. The Morgan fingerprint density at radius 1 is 1.04 bits per heavy atom. The number of anilines is 1. The van der Waals surface area contributed by atoms with Crippen molar-refractivity contribution in [2.45, 2.75) is 12.8 Å². The Hall–Kier alpha value is -3.59. The van der Waals surface area contributed by atoms with E-state index in [4.69, 9.17) is 4.74 Å². The third-order valence-electron chi connectivity index (χ3n) is 4.15. The highest BCUT2D eigenvalue weighted by Gasteiger charge is 2.29. The minimum absolute atomic E-state index is 0.0500. The largest absolute Gasteiger partial charge is 0.465 e. The second kappa shape index (κ2) is 8.87. The lowest BCUT2D eigenvalue weighted by atomic mass is 10.1. The number of carbonyl (C=O) groups is 3. The van der Waals surface area contributed by atoms with E-state index in [2.05, 4.69) is 22.5 Å². The molecule has 0 saturated heterocycles. The third kappa shape index (κ3) is 5.45. The number of ether oxygens (including phenoxy) is 1. The van der Waals surface area contributed by atoms with E-state index in [1.165, 1.54) is 7.11 Å². The predicted molar refractivity (Wildman–Crippen MR) is 105 cm³/mol. The quantitative estimate of drug-likeness (QED) is 0.620. The molecular weight excluding hydrogens is 356 g/mol. The molecule has 2 amide bonds. The van der Waals surface area contributed by atoms with Gasteiger partial charge in [0.05, 0.1) is 19.2 Å². The van der Waals surface area contributed by atoms with Gasteiger partial charge in [-0.25, -0.2) is 4.79 Å². The molecule has 28 heavy (non-hydrogen) atoms. The molecule has 1 fully saturated rings. The van der Waals surface area contributed by atoms with Gasteiger partial charge in [0.2, 0.25) is 11.8 Å². The zero-order valence-corrected chi connectivity index (χ0v) is 15.5. The molecule has 3 rings (SSSR count). The molecule has 0 aliphatic heterocycles. The molecule has 1 aliphatic rings. The van der Waals surface area contributed by atoms with Gasteiger partial charge in [0.25, 0.3) is 0 Å². The first-order valence-electron chi connectivity index (χ1n) is 8.93. The van der Waals surface area contributed by atoms with E-state index in [0.29, 0.717) is 22.4 Å². The van der Waals surface area contributed by atoms with Crippen molar-refractivity contribution >= 4 is 23.5 Å². The van der Waals surface area contributed by atoms with Crippen LogP contribution in [0.4, 0.5) is 5.69 Å². The third-order valence-corrected chi connectivity index (χ3v) is 4.15. The van der Waals surface area contributed by atoms with Crippen LogP contribution in [0.5, 0.6) is 0 Å². The van der Waals surface area contributed by atoms with Crippen molar-refractivity contribution in [2.75, 3.05) is 19.0 Å². The van der Waals surface area contributed by atoms with Crippen LogP contribution in [0, 0.1) is 17.8 Å². The first-order chi connectivity index (χ1) is 13.5. The average molecular weight is 376 g/mol. The van der Waals surface area contributed by atoms with Gasteiger partial charge in [0.15, 0.2) is 0 Å². The van der Waals surface area contributed by atoms with E-state index in [-0.39, 0.29) is 24.3 Å².